The lowest BCUT2D eigenvalue weighted by molar-refractivity contribution is -0.00900. The number of benzene rings is 1. The summed E-state index contributed by atoms with van der Waals surface area (Å²) in [5.74, 6) is 0. The first-order valence-electron chi connectivity index (χ1n) is 6.68. The molecule has 0 aliphatic carbocycles. The summed E-state index contributed by atoms with van der Waals surface area (Å²) in [7, 11) is 0. The Bertz CT molecular complexity index is 406. The molecule has 1 aliphatic heterocycles. The molecule has 0 spiro atoms. The van der Waals surface area contributed by atoms with Gasteiger partial charge in [-0.1, -0.05) is 11.6 Å². The highest BCUT2D eigenvalue weighted by atomic mass is 35.5. The zero-order chi connectivity index (χ0) is 13.7. The van der Waals surface area contributed by atoms with Gasteiger partial charge in [0.1, 0.15) is 0 Å². The molecule has 5 heteroatoms. The molecule has 1 aliphatic rings. The lowest BCUT2D eigenvalue weighted by Crippen LogP contribution is -2.37. The molecule has 0 bridgehead atoms. The summed E-state index contributed by atoms with van der Waals surface area (Å²) in [6.45, 7) is 3.34. The Balaban J connectivity index is 1.83. The van der Waals surface area contributed by atoms with E-state index in [0.29, 0.717) is 6.61 Å². The van der Waals surface area contributed by atoms with Gasteiger partial charge in [0.15, 0.2) is 0 Å². The number of nitrogens with zero attached hydrogens (tertiary/aromatic N) is 1. The first-order valence-corrected chi connectivity index (χ1v) is 7.05. The van der Waals surface area contributed by atoms with E-state index >= 15 is 0 Å². The fourth-order valence-electron chi connectivity index (χ4n) is 2.41. The van der Waals surface area contributed by atoms with E-state index in [-0.39, 0.29) is 12.7 Å². The van der Waals surface area contributed by atoms with Crippen LogP contribution >= 0.6 is 11.6 Å². The number of nitrogen functional groups attached to an aromatic ring is 1. The number of aliphatic hydroxyl groups excluding tert-OH is 1. The van der Waals surface area contributed by atoms with Gasteiger partial charge in [-0.15, -0.1) is 0 Å². The van der Waals surface area contributed by atoms with Gasteiger partial charge in [0.2, 0.25) is 0 Å². The quantitative estimate of drug-likeness (QED) is 0.811. The van der Waals surface area contributed by atoms with Gasteiger partial charge in [-0.3, -0.25) is 4.90 Å². The molecule has 2 rings (SSSR count). The second-order valence-electron chi connectivity index (χ2n) is 4.92. The third-order valence-corrected chi connectivity index (χ3v) is 3.81. The summed E-state index contributed by atoms with van der Waals surface area (Å²) in [4.78, 5) is 2.36. The third-order valence-electron chi connectivity index (χ3n) is 3.44. The number of ether oxygens (including phenoxy) is 1. The highest BCUT2D eigenvalue weighted by molar-refractivity contribution is 6.31. The number of hydrogen-bond acceptors (Lipinski definition) is 4. The highest BCUT2D eigenvalue weighted by Crippen LogP contribution is 2.22. The lowest BCUT2D eigenvalue weighted by atomic mass is 10.1. The van der Waals surface area contributed by atoms with Crippen LogP contribution < -0.4 is 5.73 Å². The van der Waals surface area contributed by atoms with Crippen molar-refractivity contribution >= 4 is 17.3 Å². The van der Waals surface area contributed by atoms with Gasteiger partial charge < -0.3 is 15.6 Å². The topological polar surface area (TPSA) is 58.7 Å². The molecule has 1 fully saturated rings. The smallest absolute Gasteiger partial charge is 0.0701 e. The third kappa shape index (κ3) is 4.35. The molecule has 4 nitrogen and oxygen atoms in total. The van der Waals surface area contributed by atoms with E-state index in [9.17, 15) is 0 Å². The van der Waals surface area contributed by atoms with Gasteiger partial charge in [0, 0.05) is 30.3 Å². The fourth-order valence-corrected chi connectivity index (χ4v) is 2.59. The van der Waals surface area contributed by atoms with E-state index in [1.54, 1.807) is 0 Å². The number of aliphatic hydroxyl groups is 1. The molecular formula is C14H21ClN2O2. The van der Waals surface area contributed by atoms with Crippen molar-refractivity contribution in [1.29, 1.82) is 0 Å². The van der Waals surface area contributed by atoms with Crippen molar-refractivity contribution in [2.45, 2.75) is 25.5 Å². The Labute approximate surface area is 119 Å². The number of piperidine rings is 1. The SMILES string of the molecule is Nc1ccc(Cl)c(CN2CCC(OCCO)CC2)c1. The molecule has 106 valence electrons. The van der Waals surface area contributed by atoms with Crippen LogP contribution in [0.25, 0.3) is 0 Å². The molecule has 1 saturated heterocycles. The van der Waals surface area contributed by atoms with Crippen LogP contribution in [-0.4, -0.2) is 42.4 Å². The normalized spacial score (nSPS) is 17.8. The van der Waals surface area contributed by atoms with Gasteiger partial charge in [-0.05, 0) is 36.6 Å². The largest absolute Gasteiger partial charge is 0.399 e. The van der Waals surface area contributed by atoms with Crippen LogP contribution in [-0.2, 0) is 11.3 Å². The molecule has 0 aromatic heterocycles. The summed E-state index contributed by atoms with van der Waals surface area (Å²) < 4.78 is 5.55. The Morgan fingerprint density at radius 2 is 2.11 bits per heavy atom. The minimum Gasteiger partial charge on any atom is -0.399 e. The van der Waals surface area contributed by atoms with E-state index in [2.05, 4.69) is 4.90 Å². The standard InChI is InChI=1S/C14H21ClN2O2/c15-14-2-1-12(16)9-11(14)10-17-5-3-13(4-6-17)19-8-7-18/h1-2,9,13,18H,3-8,10,16H2. The fraction of sp³-hybridized carbons (Fsp3) is 0.571. The van der Waals surface area contributed by atoms with Crippen molar-refractivity contribution in [2.24, 2.45) is 0 Å². The molecule has 0 atom stereocenters. The van der Waals surface area contributed by atoms with E-state index < -0.39 is 0 Å². The summed E-state index contributed by atoms with van der Waals surface area (Å²) in [6.07, 6.45) is 2.28. The summed E-state index contributed by atoms with van der Waals surface area (Å²) in [5, 5.41) is 9.51. The number of likely N-dealkylation sites (tertiary alicyclic amines) is 1. The Kier molecular flexibility index (Phi) is 5.45. The summed E-state index contributed by atoms with van der Waals surface area (Å²) >= 11 is 6.18. The average molecular weight is 285 g/mol. The minimum absolute atomic E-state index is 0.0963. The van der Waals surface area contributed by atoms with Crippen LogP contribution in [0.5, 0.6) is 0 Å². The summed E-state index contributed by atoms with van der Waals surface area (Å²) in [5.41, 5.74) is 7.62. The number of halogens is 1. The molecule has 0 saturated carbocycles. The van der Waals surface area contributed by atoms with Gasteiger partial charge in [0.05, 0.1) is 19.3 Å². The Morgan fingerprint density at radius 3 is 2.79 bits per heavy atom. The maximum absolute atomic E-state index is 8.74. The Morgan fingerprint density at radius 1 is 1.37 bits per heavy atom. The molecule has 1 aromatic rings. The molecular weight excluding hydrogens is 264 g/mol. The number of anilines is 1. The van der Waals surface area contributed by atoms with Crippen molar-refractivity contribution in [1.82, 2.24) is 4.90 Å². The van der Waals surface area contributed by atoms with E-state index in [1.165, 1.54) is 0 Å². The zero-order valence-corrected chi connectivity index (χ0v) is 11.8. The maximum atomic E-state index is 8.74. The number of nitrogens with two attached hydrogens (primary N) is 1. The van der Waals surface area contributed by atoms with Crippen molar-refractivity contribution in [2.75, 3.05) is 32.0 Å². The van der Waals surface area contributed by atoms with Crippen LogP contribution in [0, 0.1) is 0 Å². The Hall–Kier alpha value is -0.810. The maximum Gasteiger partial charge on any atom is 0.0701 e. The first-order chi connectivity index (χ1) is 9.19. The average Bonchev–Trinajstić information content (AvgIpc) is 2.42. The number of rotatable bonds is 5. The second-order valence-corrected chi connectivity index (χ2v) is 5.33. The second kappa shape index (κ2) is 7.10. The molecule has 1 aromatic carbocycles. The van der Waals surface area contributed by atoms with Gasteiger partial charge in [-0.25, -0.2) is 0 Å². The number of hydrogen-bond donors (Lipinski definition) is 2. The van der Waals surface area contributed by atoms with E-state index in [0.717, 1.165) is 48.7 Å². The first kappa shape index (κ1) is 14.6. The highest BCUT2D eigenvalue weighted by Gasteiger charge is 2.20. The van der Waals surface area contributed by atoms with Crippen molar-refractivity contribution < 1.29 is 9.84 Å². The van der Waals surface area contributed by atoms with Crippen molar-refractivity contribution in [3.63, 3.8) is 0 Å². The van der Waals surface area contributed by atoms with Crippen LogP contribution in [0.4, 0.5) is 5.69 Å². The van der Waals surface area contributed by atoms with Crippen LogP contribution in [0.15, 0.2) is 18.2 Å². The predicted octanol–water partition coefficient (Wildman–Crippen LogP) is 1.90. The minimum atomic E-state index is 0.0963. The lowest BCUT2D eigenvalue weighted by Gasteiger charge is -2.32. The van der Waals surface area contributed by atoms with Crippen LogP contribution in [0.2, 0.25) is 5.02 Å². The van der Waals surface area contributed by atoms with E-state index in [4.69, 9.17) is 27.2 Å². The molecule has 0 amide bonds. The zero-order valence-electron chi connectivity index (χ0n) is 11.0. The van der Waals surface area contributed by atoms with Gasteiger partial charge in [0.25, 0.3) is 0 Å². The van der Waals surface area contributed by atoms with Crippen LogP contribution in [0.1, 0.15) is 18.4 Å². The van der Waals surface area contributed by atoms with E-state index in [1.807, 2.05) is 18.2 Å². The summed E-state index contributed by atoms with van der Waals surface area (Å²) in [6, 6.07) is 5.61. The molecule has 19 heavy (non-hydrogen) atoms. The van der Waals surface area contributed by atoms with Crippen LogP contribution in [0.3, 0.4) is 0 Å². The van der Waals surface area contributed by atoms with Gasteiger partial charge >= 0.3 is 0 Å². The van der Waals surface area contributed by atoms with Crippen molar-refractivity contribution in [3.8, 4) is 0 Å². The predicted molar refractivity (Wildman–Crippen MR) is 77.2 cm³/mol. The molecule has 0 radical (unpaired) electrons. The molecule has 1 heterocycles. The molecule has 0 unspecified atom stereocenters. The van der Waals surface area contributed by atoms with Gasteiger partial charge in [-0.2, -0.15) is 0 Å². The monoisotopic (exact) mass is 284 g/mol. The molecule has 3 N–H and O–H groups in total. The van der Waals surface area contributed by atoms with Crippen molar-refractivity contribution in [3.05, 3.63) is 28.8 Å².